The van der Waals surface area contributed by atoms with Crippen LogP contribution in [0.4, 0.5) is 5.69 Å². The van der Waals surface area contributed by atoms with Gasteiger partial charge in [0.05, 0.1) is 27.5 Å². The fourth-order valence-electron chi connectivity index (χ4n) is 5.28. The lowest BCUT2D eigenvalue weighted by atomic mass is 9.79. The highest BCUT2D eigenvalue weighted by atomic mass is 32.1. The van der Waals surface area contributed by atoms with Gasteiger partial charge in [0.1, 0.15) is 5.01 Å². The van der Waals surface area contributed by atoms with Gasteiger partial charge in [-0.15, -0.1) is 11.3 Å². The summed E-state index contributed by atoms with van der Waals surface area (Å²) in [7, 11) is 0. The molecule has 43 heavy (non-hydrogen) atoms. The summed E-state index contributed by atoms with van der Waals surface area (Å²) in [5, 5.41) is 12.4. The number of hydrogen-bond donors (Lipinski definition) is 0. The molecule has 6 rings (SSSR count). The fourth-order valence-corrected chi connectivity index (χ4v) is 6.31. The molecule has 0 amide bonds. The molecule has 0 unspecified atom stereocenters. The average Bonchev–Trinajstić information content (AvgIpc) is 3.43. The molecule has 0 aliphatic heterocycles. The van der Waals surface area contributed by atoms with Gasteiger partial charge in [-0.1, -0.05) is 90.1 Å². The Morgan fingerprint density at radius 2 is 1.40 bits per heavy atom. The third-order valence-electron chi connectivity index (χ3n) is 7.87. The molecule has 0 spiro atoms. The molecule has 5 aromatic carbocycles. The quantitative estimate of drug-likeness (QED) is 0.196. The summed E-state index contributed by atoms with van der Waals surface area (Å²) < 4.78 is 1.14. The van der Waals surface area contributed by atoms with Crippen LogP contribution in [-0.4, -0.2) is 11.2 Å². The normalized spacial score (nSPS) is 12.3. The molecular formula is C39H35N3S. The Kier molecular flexibility index (Phi) is 7.24. The van der Waals surface area contributed by atoms with Crippen LogP contribution in [0.1, 0.15) is 63.8 Å². The van der Waals surface area contributed by atoms with Gasteiger partial charge in [-0.25, -0.2) is 4.98 Å². The van der Waals surface area contributed by atoms with Crippen molar-refractivity contribution in [2.45, 2.75) is 52.4 Å². The zero-order valence-electron chi connectivity index (χ0n) is 25.6. The third-order valence-corrected chi connectivity index (χ3v) is 8.93. The first-order valence-corrected chi connectivity index (χ1v) is 15.4. The lowest BCUT2D eigenvalue weighted by Crippen LogP contribution is -2.17. The minimum atomic E-state index is 0.0467. The zero-order chi connectivity index (χ0) is 30.4. The second-order valence-corrected chi connectivity index (χ2v) is 14.2. The van der Waals surface area contributed by atoms with Crippen molar-refractivity contribution in [1.82, 2.24) is 4.98 Å². The van der Waals surface area contributed by atoms with Gasteiger partial charge in [0.25, 0.3) is 0 Å². The number of para-hydroxylation sites is 2. The van der Waals surface area contributed by atoms with E-state index in [1.807, 2.05) is 30.5 Å². The second kappa shape index (κ2) is 10.9. The number of aromatic nitrogens is 1. The van der Waals surface area contributed by atoms with Gasteiger partial charge >= 0.3 is 0 Å². The molecule has 1 aromatic heterocycles. The molecule has 0 radical (unpaired) electrons. The molecule has 0 N–H and O–H groups in total. The van der Waals surface area contributed by atoms with Crippen molar-refractivity contribution in [3.63, 3.8) is 0 Å². The van der Waals surface area contributed by atoms with E-state index < -0.39 is 0 Å². The number of fused-ring (bicyclic) bond motifs is 2. The van der Waals surface area contributed by atoms with E-state index in [0.29, 0.717) is 5.56 Å². The van der Waals surface area contributed by atoms with Crippen molar-refractivity contribution in [3.8, 4) is 27.8 Å². The van der Waals surface area contributed by atoms with Crippen LogP contribution in [0, 0.1) is 11.3 Å². The Labute approximate surface area is 258 Å². The highest BCUT2D eigenvalue weighted by Gasteiger charge is 2.20. The lowest BCUT2D eigenvalue weighted by molar-refractivity contribution is 0.568. The van der Waals surface area contributed by atoms with E-state index >= 15 is 0 Å². The number of hydrogen-bond acceptors (Lipinski definition) is 4. The van der Waals surface area contributed by atoms with Gasteiger partial charge in [-0.2, -0.15) is 5.26 Å². The summed E-state index contributed by atoms with van der Waals surface area (Å²) in [6, 6.07) is 35.9. The Bertz CT molecular complexity index is 2030. The van der Waals surface area contributed by atoms with E-state index in [1.54, 1.807) is 11.3 Å². The van der Waals surface area contributed by atoms with Crippen LogP contribution >= 0.6 is 11.3 Å². The maximum Gasteiger partial charge on any atom is 0.126 e. The van der Waals surface area contributed by atoms with Crippen molar-refractivity contribution >= 4 is 44.2 Å². The summed E-state index contributed by atoms with van der Waals surface area (Å²) in [5.41, 5.74) is 9.62. The predicted molar refractivity (Wildman–Crippen MR) is 184 cm³/mol. The SMILES string of the molecule is CC(C)(C)c1cc(C=Nc2ccccc2-c2nc3c(-c4ccc5cc(C#N)ccc5c4)cccc3s2)cc(C(C)(C)C)c1. The Morgan fingerprint density at radius 3 is 2.12 bits per heavy atom. The molecule has 0 atom stereocenters. The van der Waals surface area contributed by atoms with Gasteiger partial charge in [0.15, 0.2) is 0 Å². The maximum atomic E-state index is 9.27. The van der Waals surface area contributed by atoms with E-state index in [9.17, 15) is 5.26 Å². The molecule has 212 valence electrons. The first kappa shape index (κ1) is 28.5. The molecule has 0 saturated carbocycles. The molecule has 4 heteroatoms. The van der Waals surface area contributed by atoms with Crippen molar-refractivity contribution in [3.05, 3.63) is 119 Å². The van der Waals surface area contributed by atoms with Gasteiger partial charge in [0.2, 0.25) is 0 Å². The number of rotatable bonds is 4. The number of thiazole rings is 1. The number of aliphatic imine (C=N–C) groups is 1. The van der Waals surface area contributed by atoms with Gasteiger partial charge in [-0.05, 0) is 92.4 Å². The monoisotopic (exact) mass is 577 g/mol. The smallest absolute Gasteiger partial charge is 0.126 e. The fraction of sp³-hybridized carbons (Fsp3) is 0.205. The van der Waals surface area contributed by atoms with Crippen LogP contribution in [0.3, 0.4) is 0 Å². The first-order valence-electron chi connectivity index (χ1n) is 14.6. The van der Waals surface area contributed by atoms with E-state index in [2.05, 4.69) is 120 Å². The summed E-state index contributed by atoms with van der Waals surface area (Å²) in [4.78, 5) is 10.2. The highest BCUT2D eigenvalue weighted by Crippen LogP contribution is 2.39. The molecule has 0 aliphatic rings. The topological polar surface area (TPSA) is 49.0 Å². The third kappa shape index (κ3) is 5.87. The molecule has 0 aliphatic carbocycles. The Morgan fingerprint density at radius 1 is 0.721 bits per heavy atom. The number of benzene rings is 5. The standard InChI is InChI=1S/C39H35N3S/c1-38(2,3)30-19-26(20-31(22-30)39(4,5)6)24-41-34-12-8-7-10-33(34)37-42-36-32(11-9-13-35(36)43-37)29-17-16-27-18-25(23-40)14-15-28(27)21-29/h7-22,24H,1-6H3. The maximum absolute atomic E-state index is 9.27. The predicted octanol–water partition coefficient (Wildman–Crippen LogP) is 11.0. The highest BCUT2D eigenvalue weighted by molar-refractivity contribution is 7.21. The van der Waals surface area contributed by atoms with Crippen LogP contribution in [0.5, 0.6) is 0 Å². The molecular weight excluding hydrogens is 543 g/mol. The van der Waals surface area contributed by atoms with Gasteiger partial charge in [0, 0.05) is 17.3 Å². The van der Waals surface area contributed by atoms with Gasteiger partial charge in [-0.3, -0.25) is 4.99 Å². The second-order valence-electron chi connectivity index (χ2n) is 13.2. The van der Waals surface area contributed by atoms with Crippen LogP contribution in [0.25, 0.3) is 42.7 Å². The van der Waals surface area contributed by atoms with Crippen molar-refractivity contribution in [2.75, 3.05) is 0 Å². The minimum Gasteiger partial charge on any atom is -0.256 e. The minimum absolute atomic E-state index is 0.0467. The zero-order valence-corrected chi connectivity index (χ0v) is 26.4. The van der Waals surface area contributed by atoms with E-state index in [-0.39, 0.29) is 10.8 Å². The number of nitrogens with zero attached hydrogens (tertiary/aromatic N) is 3. The molecule has 6 aromatic rings. The van der Waals surface area contributed by atoms with Gasteiger partial charge < -0.3 is 0 Å². The van der Waals surface area contributed by atoms with Crippen molar-refractivity contribution in [2.24, 2.45) is 4.99 Å². The van der Waals surface area contributed by atoms with Crippen LogP contribution in [0.15, 0.2) is 102 Å². The van der Waals surface area contributed by atoms with E-state index in [1.165, 1.54) is 11.1 Å². The first-order chi connectivity index (χ1) is 20.5. The van der Waals surface area contributed by atoms with E-state index in [4.69, 9.17) is 9.98 Å². The van der Waals surface area contributed by atoms with Crippen molar-refractivity contribution < 1.29 is 0 Å². The van der Waals surface area contributed by atoms with Crippen LogP contribution < -0.4 is 0 Å². The summed E-state index contributed by atoms with van der Waals surface area (Å²) in [6.45, 7) is 13.6. The Balaban J connectivity index is 1.40. The molecule has 0 saturated heterocycles. The Hall–Kier alpha value is -4.59. The molecule has 3 nitrogen and oxygen atoms in total. The van der Waals surface area contributed by atoms with Crippen molar-refractivity contribution in [1.29, 1.82) is 5.26 Å². The summed E-state index contributed by atoms with van der Waals surface area (Å²) >= 11 is 1.69. The lowest BCUT2D eigenvalue weighted by Gasteiger charge is -2.25. The van der Waals surface area contributed by atoms with E-state index in [0.717, 1.165) is 53.9 Å². The molecule has 1 heterocycles. The molecule has 0 bridgehead atoms. The van der Waals surface area contributed by atoms with Crippen LogP contribution in [-0.2, 0) is 10.8 Å². The summed E-state index contributed by atoms with van der Waals surface area (Å²) in [6.07, 6.45) is 1.99. The molecule has 0 fully saturated rings. The summed E-state index contributed by atoms with van der Waals surface area (Å²) in [5.74, 6) is 0. The average molecular weight is 578 g/mol. The van der Waals surface area contributed by atoms with Crippen LogP contribution in [0.2, 0.25) is 0 Å². The largest absolute Gasteiger partial charge is 0.256 e. The number of nitriles is 1.